The smallest absolute Gasteiger partial charge is 0.303 e. The van der Waals surface area contributed by atoms with Crippen molar-refractivity contribution in [2.75, 3.05) is 0 Å². The zero-order valence-electron chi connectivity index (χ0n) is 4.07. The average molecular weight is 203 g/mol. The molecule has 0 aliphatic heterocycles. The molecule has 1 radical (unpaired) electrons. The summed E-state index contributed by atoms with van der Waals surface area (Å²) in [5, 5.41) is 7.72. The zero-order valence-corrected chi connectivity index (χ0v) is 7.98. The van der Waals surface area contributed by atoms with Gasteiger partial charge >= 0.3 is 5.97 Å². The Morgan fingerprint density at radius 2 is 1.86 bits per heavy atom. The zero-order chi connectivity index (χ0) is 4.28. The molecule has 2 nitrogen and oxygen atoms in total. The maximum absolute atomic E-state index is 9.37. The number of hydrogen-bond acceptors (Lipinski definition) is 1. The molecule has 0 aromatic rings. The molecular weight excluding hydrogens is 197 g/mol. The Hall–Kier alpha value is 0.613. The predicted octanol–water partition coefficient (Wildman–Crippen LogP) is 0.476. The van der Waals surface area contributed by atoms with Crippen LogP contribution in [0.1, 0.15) is 13.3 Å². The Morgan fingerprint density at radius 1 is 1.71 bits per heavy atom. The molecule has 0 spiro atoms. The fourth-order valence-corrected chi connectivity index (χ4v) is 0. The standard InChI is InChI=1S/C3H6O2.Cu.Zn/c1-2-3(4)5;;/h2H2,1H3,(H,4,5);;. The molecule has 0 rings (SSSR count). The van der Waals surface area contributed by atoms with Gasteiger partial charge in [-0.3, -0.25) is 4.79 Å². The summed E-state index contributed by atoms with van der Waals surface area (Å²) in [6.07, 6.45) is 0.222. The molecule has 0 aliphatic carbocycles. The van der Waals surface area contributed by atoms with Gasteiger partial charge in [-0.25, -0.2) is 0 Å². The first kappa shape index (κ1) is 15.6. The van der Waals surface area contributed by atoms with Crippen molar-refractivity contribution in [1.82, 2.24) is 0 Å². The second-order valence-corrected chi connectivity index (χ2v) is 0.747. The molecule has 0 atom stereocenters. The summed E-state index contributed by atoms with van der Waals surface area (Å²) in [5.74, 6) is -0.745. The van der Waals surface area contributed by atoms with E-state index in [2.05, 4.69) is 0 Å². The van der Waals surface area contributed by atoms with Crippen LogP contribution in [-0.2, 0) is 41.3 Å². The molecule has 43 valence electrons. The van der Waals surface area contributed by atoms with Crippen molar-refractivity contribution in [3.63, 3.8) is 0 Å². The minimum Gasteiger partial charge on any atom is -0.481 e. The van der Waals surface area contributed by atoms with Gasteiger partial charge in [-0.15, -0.1) is 0 Å². The maximum atomic E-state index is 9.37. The van der Waals surface area contributed by atoms with Crippen molar-refractivity contribution >= 4 is 5.97 Å². The molecule has 0 heterocycles. The van der Waals surface area contributed by atoms with Crippen LogP contribution >= 0.6 is 0 Å². The van der Waals surface area contributed by atoms with Crippen molar-refractivity contribution < 1.29 is 46.4 Å². The van der Waals surface area contributed by atoms with E-state index in [9.17, 15) is 4.79 Å². The second-order valence-electron chi connectivity index (χ2n) is 0.747. The van der Waals surface area contributed by atoms with Gasteiger partial charge in [-0.1, -0.05) is 6.92 Å². The van der Waals surface area contributed by atoms with Crippen LogP contribution in [0.5, 0.6) is 0 Å². The van der Waals surface area contributed by atoms with E-state index in [4.69, 9.17) is 5.11 Å². The van der Waals surface area contributed by atoms with Crippen molar-refractivity contribution in [2.24, 2.45) is 0 Å². The Labute approximate surface area is 65.9 Å². The minimum atomic E-state index is -0.745. The maximum Gasteiger partial charge on any atom is 0.303 e. The Kier molecular flexibility index (Phi) is 21.9. The molecule has 0 saturated heterocycles. The average Bonchev–Trinajstić information content (AvgIpc) is 1.38. The van der Waals surface area contributed by atoms with E-state index in [0.717, 1.165) is 0 Å². The van der Waals surface area contributed by atoms with Crippen LogP contribution in [0.25, 0.3) is 0 Å². The van der Waals surface area contributed by atoms with Crippen LogP contribution in [0.15, 0.2) is 0 Å². The van der Waals surface area contributed by atoms with Crippen molar-refractivity contribution in [3.8, 4) is 0 Å². The number of hydrogen-bond donors (Lipinski definition) is 1. The fraction of sp³-hybridized carbons (Fsp3) is 0.667. The van der Waals surface area contributed by atoms with E-state index in [-0.39, 0.29) is 43.0 Å². The molecule has 4 heteroatoms. The predicted molar refractivity (Wildman–Crippen MR) is 17.9 cm³/mol. The normalized spacial score (nSPS) is 5.29. The monoisotopic (exact) mass is 201 g/mol. The van der Waals surface area contributed by atoms with Gasteiger partial charge in [0.15, 0.2) is 0 Å². The molecule has 0 amide bonds. The molecular formula is C3H6CuO2Zn. The van der Waals surface area contributed by atoms with Crippen LogP contribution in [0.2, 0.25) is 0 Å². The second kappa shape index (κ2) is 9.79. The summed E-state index contributed by atoms with van der Waals surface area (Å²) >= 11 is 0. The van der Waals surface area contributed by atoms with Crippen molar-refractivity contribution in [3.05, 3.63) is 0 Å². The Morgan fingerprint density at radius 3 is 1.86 bits per heavy atom. The van der Waals surface area contributed by atoms with Gasteiger partial charge in [0.25, 0.3) is 0 Å². The quantitative estimate of drug-likeness (QED) is 0.629. The number of carbonyl (C=O) groups is 1. The Balaban J connectivity index is -0.0000000800. The van der Waals surface area contributed by atoms with E-state index in [1.54, 1.807) is 6.92 Å². The van der Waals surface area contributed by atoms with Crippen LogP contribution in [0, 0.1) is 0 Å². The van der Waals surface area contributed by atoms with E-state index in [1.807, 2.05) is 0 Å². The molecule has 7 heavy (non-hydrogen) atoms. The third-order valence-electron chi connectivity index (χ3n) is 0.302. The molecule has 0 unspecified atom stereocenters. The van der Waals surface area contributed by atoms with Gasteiger partial charge < -0.3 is 5.11 Å². The first-order chi connectivity index (χ1) is 2.27. The minimum absolute atomic E-state index is 0. The topological polar surface area (TPSA) is 37.3 Å². The van der Waals surface area contributed by atoms with E-state index in [1.165, 1.54) is 0 Å². The summed E-state index contributed by atoms with van der Waals surface area (Å²) in [6.45, 7) is 1.60. The molecule has 1 N–H and O–H groups in total. The van der Waals surface area contributed by atoms with Gasteiger partial charge in [0, 0.05) is 43.0 Å². The van der Waals surface area contributed by atoms with E-state index < -0.39 is 5.97 Å². The largest absolute Gasteiger partial charge is 0.481 e. The molecule has 0 aromatic heterocycles. The fourth-order valence-electron chi connectivity index (χ4n) is 0. The van der Waals surface area contributed by atoms with Crippen LogP contribution in [0.3, 0.4) is 0 Å². The van der Waals surface area contributed by atoms with Gasteiger partial charge in [0.05, 0.1) is 0 Å². The van der Waals surface area contributed by atoms with Gasteiger partial charge in [0.2, 0.25) is 0 Å². The third-order valence-corrected chi connectivity index (χ3v) is 0.302. The summed E-state index contributed by atoms with van der Waals surface area (Å²) in [4.78, 5) is 9.37. The van der Waals surface area contributed by atoms with E-state index >= 15 is 0 Å². The van der Waals surface area contributed by atoms with Crippen molar-refractivity contribution in [1.29, 1.82) is 0 Å². The summed E-state index contributed by atoms with van der Waals surface area (Å²) in [5.41, 5.74) is 0. The molecule has 0 aliphatic rings. The molecule has 0 aromatic carbocycles. The molecule has 0 bridgehead atoms. The van der Waals surface area contributed by atoms with Crippen LogP contribution < -0.4 is 0 Å². The first-order valence-electron chi connectivity index (χ1n) is 1.49. The SMILES string of the molecule is CCC(=O)O.[Cu].[Zn]. The molecule has 0 fully saturated rings. The van der Waals surface area contributed by atoms with Crippen LogP contribution in [0.4, 0.5) is 0 Å². The van der Waals surface area contributed by atoms with E-state index in [0.29, 0.717) is 0 Å². The Bertz CT molecular complexity index is 48.2. The van der Waals surface area contributed by atoms with Crippen LogP contribution in [-0.4, -0.2) is 11.1 Å². The summed E-state index contributed by atoms with van der Waals surface area (Å²) in [7, 11) is 0. The van der Waals surface area contributed by atoms with Gasteiger partial charge in [-0.05, 0) is 0 Å². The van der Waals surface area contributed by atoms with Gasteiger partial charge in [0.1, 0.15) is 0 Å². The number of carboxylic acids is 1. The first-order valence-corrected chi connectivity index (χ1v) is 1.49. The summed E-state index contributed by atoms with van der Waals surface area (Å²) < 4.78 is 0. The summed E-state index contributed by atoms with van der Waals surface area (Å²) in [6, 6.07) is 0. The third kappa shape index (κ3) is 20.6. The number of carboxylic acid groups (broad SMARTS) is 1. The molecule has 0 saturated carbocycles. The number of rotatable bonds is 1. The number of aliphatic carboxylic acids is 1. The van der Waals surface area contributed by atoms with Gasteiger partial charge in [-0.2, -0.15) is 0 Å². The van der Waals surface area contributed by atoms with Crippen molar-refractivity contribution in [2.45, 2.75) is 13.3 Å².